The lowest BCUT2D eigenvalue weighted by atomic mass is 10.1. The van der Waals surface area contributed by atoms with Crippen LogP contribution in [0.2, 0.25) is 0 Å². The van der Waals surface area contributed by atoms with E-state index in [4.69, 9.17) is 4.52 Å². The third kappa shape index (κ3) is 3.69. The van der Waals surface area contributed by atoms with E-state index < -0.39 is 0 Å². The highest BCUT2D eigenvalue weighted by molar-refractivity contribution is 7.14. The molecule has 0 saturated carbocycles. The van der Waals surface area contributed by atoms with Crippen LogP contribution in [-0.4, -0.2) is 22.6 Å². The molecule has 3 rings (SSSR count). The Kier molecular flexibility index (Phi) is 5.09. The van der Waals surface area contributed by atoms with Gasteiger partial charge in [-0.25, -0.2) is 4.98 Å². The van der Waals surface area contributed by atoms with Gasteiger partial charge in [0.1, 0.15) is 5.76 Å². The lowest BCUT2D eigenvalue weighted by Gasteiger charge is -2.18. The minimum atomic E-state index is -0.0525. The summed E-state index contributed by atoms with van der Waals surface area (Å²) in [5, 5.41) is 6.54. The number of aryl methyl sites for hydroxylation is 2. The molecule has 0 aliphatic carbocycles. The predicted octanol–water partition coefficient (Wildman–Crippen LogP) is 4.18. The second kappa shape index (κ2) is 7.44. The van der Waals surface area contributed by atoms with Crippen molar-refractivity contribution < 1.29 is 9.32 Å². The maximum atomic E-state index is 12.8. The van der Waals surface area contributed by atoms with Crippen LogP contribution >= 0.6 is 11.3 Å². The number of carbonyl (C=O) groups excluding carboxylic acids is 1. The monoisotopic (exact) mass is 353 g/mol. The standard InChI is InChI=1S/C19H19N3O2S/c1-4-10-22(18(23)11-16-13(2)21-24-14(16)3)19-20-17(12-25-19)15-8-6-5-7-9-15/h4-9,12H,1,10-11H2,2-3H3. The average molecular weight is 353 g/mol. The van der Waals surface area contributed by atoms with Crippen LogP contribution in [0, 0.1) is 13.8 Å². The van der Waals surface area contributed by atoms with E-state index in [-0.39, 0.29) is 12.3 Å². The van der Waals surface area contributed by atoms with Gasteiger partial charge < -0.3 is 4.52 Å². The Bertz CT molecular complexity index is 864. The predicted molar refractivity (Wildman–Crippen MR) is 99.8 cm³/mol. The van der Waals surface area contributed by atoms with E-state index in [1.54, 1.807) is 11.0 Å². The molecule has 0 atom stereocenters. The Morgan fingerprint density at radius 2 is 2.08 bits per heavy atom. The summed E-state index contributed by atoms with van der Waals surface area (Å²) < 4.78 is 5.15. The van der Waals surface area contributed by atoms with Crippen LogP contribution in [0.25, 0.3) is 11.3 Å². The molecule has 0 aliphatic heterocycles. The first-order valence-electron chi connectivity index (χ1n) is 7.94. The summed E-state index contributed by atoms with van der Waals surface area (Å²) >= 11 is 1.45. The van der Waals surface area contributed by atoms with Gasteiger partial charge in [-0.3, -0.25) is 9.69 Å². The molecule has 0 unspecified atom stereocenters. The Labute approximate surface area is 150 Å². The van der Waals surface area contributed by atoms with E-state index >= 15 is 0 Å². The molecule has 6 heteroatoms. The van der Waals surface area contributed by atoms with Gasteiger partial charge >= 0.3 is 0 Å². The minimum absolute atomic E-state index is 0.0525. The molecule has 2 aromatic heterocycles. The number of nitrogens with zero attached hydrogens (tertiary/aromatic N) is 3. The maximum absolute atomic E-state index is 12.8. The molecule has 25 heavy (non-hydrogen) atoms. The van der Waals surface area contributed by atoms with Gasteiger partial charge in [0.2, 0.25) is 5.91 Å². The summed E-state index contributed by atoms with van der Waals surface area (Å²) in [6.45, 7) is 7.82. The lowest BCUT2D eigenvalue weighted by molar-refractivity contribution is -0.117. The summed E-state index contributed by atoms with van der Waals surface area (Å²) in [5.74, 6) is 0.622. The van der Waals surface area contributed by atoms with Gasteiger partial charge in [-0.15, -0.1) is 17.9 Å². The van der Waals surface area contributed by atoms with E-state index in [0.717, 1.165) is 22.5 Å². The van der Waals surface area contributed by atoms with Crippen LogP contribution in [0.4, 0.5) is 5.13 Å². The largest absolute Gasteiger partial charge is 0.361 e. The van der Waals surface area contributed by atoms with Crippen molar-refractivity contribution in [3.8, 4) is 11.3 Å². The topological polar surface area (TPSA) is 59.2 Å². The molecule has 0 radical (unpaired) electrons. The quantitative estimate of drug-likeness (QED) is 0.624. The van der Waals surface area contributed by atoms with Crippen molar-refractivity contribution in [2.24, 2.45) is 0 Å². The van der Waals surface area contributed by atoms with E-state index in [9.17, 15) is 4.79 Å². The number of amides is 1. The first kappa shape index (κ1) is 17.1. The summed E-state index contributed by atoms with van der Waals surface area (Å²) in [7, 11) is 0. The summed E-state index contributed by atoms with van der Waals surface area (Å²) in [6.07, 6.45) is 1.93. The molecule has 5 nitrogen and oxygen atoms in total. The van der Waals surface area contributed by atoms with Crippen LogP contribution in [0.3, 0.4) is 0 Å². The number of carbonyl (C=O) groups is 1. The molecular weight excluding hydrogens is 334 g/mol. The van der Waals surface area contributed by atoms with Crippen molar-refractivity contribution in [1.29, 1.82) is 0 Å². The molecule has 2 heterocycles. The smallest absolute Gasteiger partial charge is 0.233 e. The number of benzene rings is 1. The molecule has 0 bridgehead atoms. The lowest BCUT2D eigenvalue weighted by Crippen LogP contribution is -2.32. The van der Waals surface area contributed by atoms with Crippen LogP contribution in [0.15, 0.2) is 52.9 Å². The maximum Gasteiger partial charge on any atom is 0.233 e. The van der Waals surface area contributed by atoms with Gasteiger partial charge in [-0.1, -0.05) is 41.6 Å². The van der Waals surface area contributed by atoms with Gasteiger partial charge in [-0.2, -0.15) is 0 Å². The number of aromatic nitrogens is 2. The number of rotatable bonds is 6. The molecule has 1 amide bonds. The van der Waals surface area contributed by atoms with Gasteiger partial charge in [0.05, 0.1) is 17.8 Å². The van der Waals surface area contributed by atoms with E-state index in [1.807, 2.05) is 49.6 Å². The first-order chi connectivity index (χ1) is 12.1. The van der Waals surface area contributed by atoms with E-state index in [2.05, 4.69) is 16.7 Å². The minimum Gasteiger partial charge on any atom is -0.361 e. The van der Waals surface area contributed by atoms with Crippen LogP contribution in [-0.2, 0) is 11.2 Å². The van der Waals surface area contributed by atoms with Crippen molar-refractivity contribution in [2.45, 2.75) is 20.3 Å². The highest BCUT2D eigenvalue weighted by Crippen LogP contribution is 2.28. The molecule has 0 aliphatic rings. The number of thiazole rings is 1. The second-order valence-electron chi connectivity index (χ2n) is 5.65. The van der Waals surface area contributed by atoms with Crippen molar-refractivity contribution in [1.82, 2.24) is 10.1 Å². The summed E-state index contributed by atoms with van der Waals surface area (Å²) in [4.78, 5) is 19.1. The average Bonchev–Trinajstić information content (AvgIpc) is 3.23. The van der Waals surface area contributed by atoms with Gasteiger partial charge in [0.25, 0.3) is 0 Å². The van der Waals surface area contributed by atoms with Gasteiger partial charge in [-0.05, 0) is 13.8 Å². The Hall–Kier alpha value is -2.73. The normalized spacial score (nSPS) is 10.6. The summed E-state index contributed by atoms with van der Waals surface area (Å²) in [5.41, 5.74) is 3.47. The molecule has 1 aromatic carbocycles. The zero-order chi connectivity index (χ0) is 17.8. The van der Waals surface area contributed by atoms with E-state index in [0.29, 0.717) is 17.4 Å². The Morgan fingerprint density at radius 3 is 2.72 bits per heavy atom. The number of anilines is 1. The first-order valence-corrected chi connectivity index (χ1v) is 8.82. The third-order valence-electron chi connectivity index (χ3n) is 3.91. The van der Waals surface area contributed by atoms with Gasteiger partial charge in [0.15, 0.2) is 5.13 Å². The Morgan fingerprint density at radius 1 is 1.32 bits per heavy atom. The van der Waals surface area contributed by atoms with Crippen molar-refractivity contribution >= 4 is 22.4 Å². The highest BCUT2D eigenvalue weighted by atomic mass is 32.1. The highest BCUT2D eigenvalue weighted by Gasteiger charge is 2.21. The molecular formula is C19H19N3O2S. The zero-order valence-electron chi connectivity index (χ0n) is 14.2. The molecule has 3 aromatic rings. The Balaban J connectivity index is 1.85. The second-order valence-corrected chi connectivity index (χ2v) is 6.49. The summed E-state index contributed by atoms with van der Waals surface area (Å²) in [6, 6.07) is 9.91. The number of hydrogen-bond acceptors (Lipinski definition) is 5. The SMILES string of the molecule is C=CCN(C(=O)Cc1c(C)noc1C)c1nc(-c2ccccc2)cs1. The van der Waals surface area contributed by atoms with Gasteiger partial charge in [0, 0.05) is 23.1 Å². The van der Waals surface area contributed by atoms with Crippen molar-refractivity contribution in [2.75, 3.05) is 11.4 Å². The van der Waals surface area contributed by atoms with Crippen molar-refractivity contribution in [3.05, 3.63) is 65.4 Å². The van der Waals surface area contributed by atoms with Crippen LogP contribution < -0.4 is 4.90 Å². The molecule has 0 saturated heterocycles. The molecule has 0 N–H and O–H groups in total. The molecule has 0 spiro atoms. The zero-order valence-corrected chi connectivity index (χ0v) is 15.0. The third-order valence-corrected chi connectivity index (χ3v) is 4.78. The fourth-order valence-electron chi connectivity index (χ4n) is 2.55. The van der Waals surface area contributed by atoms with Crippen LogP contribution in [0.1, 0.15) is 17.0 Å². The fraction of sp³-hybridized carbons (Fsp3) is 0.211. The van der Waals surface area contributed by atoms with Crippen molar-refractivity contribution in [3.63, 3.8) is 0 Å². The fourth-order valence-corrected chi connectivity index (χ4v) is 3.41. The molecule has 0 fully saturated rings. The number of hydrogen-bond donors (Lipinski definition) is 0. The van der Waals surface area contributed by atoms with E-state index in [1.165, 1.54) is 11.3 Å². The molecule has 128 valence electrons. The van der Waals surface area contributed by atoms with Crippen LogP contribution in [0.5, 0.6) is 0 Å².